The Morgan fingerprint density at radius 1 is 0.897 bits per heavy atom. The van der Waals surface area contributed by atoms with E-state index in [1.165, 1.54) is 77.0 Å². The molecule has 4 saturated carbocycles. The first-order valence-electron chi connectivity index (χ1n) is 16.9. The highest BCUT2D eigenvalue weighted by Gasteiger charge is 2.62. The number of fused-ring (bicyclic) bond motifs is 5. The van der Waals surface area contributed by atoms with Gasteiger partial charge in [0.05, 0.1) is 12.2 Å². The molecule has 4 N–H and O–H groups in total. The van der Waals surface area contributed by atoms with Gasteiger partial charge in [0.2, 0.25) is 0 Å². The molecule has 0 bridgehead atoms. The third-order valence-corrected chi connectivity index (χ3v) is 13.1. The van der Waals surface area contributed by atoms with E-state index >= 15 is 0 Å². The van der Waals surface area contributed by atoms with Crippen LogP contribution in [-0.4, -0.2) is 6.10 Å². The van der Waals surface area contributed by atoms with Crippen molar-refractivity contribution in [2.24, 2.45) is 52.3 Å². The van der Waals surface area contributed by atoms with E-state index < -0.39 is 0 Å². The summed E-state index contributed by atoms with van der Waals surface area (Å²) in [5.41, 5.74) is 16.4. The summed E-state index contributed by atoms with van der Waals surface area (Å²) in [6, 6.07) is 5.94. The van der Waals surface area contributed by atoms with E-state index in [-0.39, 0.29) is 11.5 Å². The molecule has 0 saturated heterocycles. The molecule has 4 aliphatic rings. The van der Waals surface area contributed by atoms with E-state index in [1.54, 1.807) is 0 Å². The summed E-state index contributed by atoms with van der Waals surface area (Å²) >= 11 is 0. The first-order valence-corrected chi connectivity index (χ1v) is 16.9. The average molecular weight is 537 g/mol. The van der Waals surface area contributed by atoms with Gasteiger partial charge in [0.15, 0.2) is 0 Å². The zero-order valence-electron chi connectivity index (χ0n) is 26.2. The smallest absolute Gasteiger partial charge is 0.0866 e. The molecule has 1 aromatic carbocycles. The minimum Gasteiger partial charge on any atom is -0.398 e. The number of ether oxygens (including phenoxy) is 1. The van der Waals surface area contributed by atoms with Crippen molar-refractivity contribution in [2.75, 3.05) is 11.5 Å². The predicted molar refractivity (Wildman–Crippen MR) is 166 cm³/mol. The van der Waals surface area contributed by atoms with E-state index in [4.69, 9.17) is 16.2 Å². The maximum absolute atomic E-state index is 7.21. The molecular weight excluding hydrogens is 476 g/mol. The Balaban J connectivity index is 1.36. The molecular formula is C36H60N2O. The first kappa shape index (κ1) is 29.3. The second kappa shape index (κ2) is 11.6. The summed E-state index contributed by atoms with van der Waals surface area (Å²) < 4.78 is 7.21. The zero-order chi connectivity index (χ0) is 27.9. The molecule has 0 amide bonds. The Labute approximate surface area is 240 Å². The molecule has 0 spiro atoms. The molecule has 4 fully saturated rings. The van der Waals surface area contributed by atoms with Crippen LogP contribution in [0.15, 0.2) is 18.2 Å². The van der Waals surface area contributed by atoms with Gasteiger partial charge in [-0.25, -0.2) is 0 Å². The van der Waals surface area contributed by atoms with Crippen LogP contribution in [0.25, 0.3) is 0 Å². The summed E-state index contributed by atoms with van der Waals surface area (Å²) in [6.45, 7) is 15.0. The topological polar surface area (TPSA) is 61.3 Å². The molecule has 3 heteroatoms. The van der Waals surface area contributed by atoms with Crippen molar-refractivity contribution in [3.8, 4) is 0 Å². The standard InChI is InChI=1S/C36H60N2O/c1-7-32(34-30(37)14-10-15-31(34)38)39-33-16-9-13-25-17-18-26-28-20-19-27(24(4)12-8-11-23(2)3)35(28,5)22-21-29(26)36(25,33)6/h10,14-15,23-29,32-33H,7-9,11-13,16-22,37-38H2,1-6H3/t24-,25?,26+,27-,28+,29+,32?,33?,35-,36+/m1/s1. The average Bonchev–Trinajstić information content (AvgIpc) is 3.25. The predicted octanol–water partition coefficient (Wildman–Crippen LogP) is 9.81. The van der Waals surface area contributed by atoms with Crippen LogP contribution < -0.4 is 11.5 Å². The van der Waals surface area contributed by atoms with Crippen LogP contribution in [0.3, 0.4) is 0 Å². The summed E-state index contributed by atoms with van der Waals surface area (Å²) in [5, 5.41) is 0. The molecule has 3 nitrogen and oxygen atoms in total. The van der Waals surface area contributed by atoms with Gasteiger partial charge in [-0.1, -0.05) is 73.3 Å². The molecule has 5 rings (SSSR count). The van der Waals surface area contributed by atoms with Crippen LogP contribution in [0, 0.1) is 52.3 Å². The van der Waals surface area contributed by atoms with Crippen molar-refractivity contribution >= 4 is 11.4 Å². The quantitative estimate of drug-likeness (QED) is 0.309. The largest absolute Gasteiger partial charge is 0.398 e. The van der Waals surface area contributed by atoms with Gasteiger partial charge in [-0.3, -0.25) is 0 Å². The Bertz CT molecular complexity index is 955. The normalized spacial score (nSPS) is 39.6. The number of hydrogen-bond donors (Lipinski definition) is 2. The fraction of sp³-hybridized carbons (Fsp3) is 0.833. The van der Waals surface area contributed by atoms with Crippen LogP contribution >= 0.6 is 0 Å². The summed E-state index contributed by atoms with van der Waals surface area (Å²) in [5.74, 6) is 6.04. The summed E-state index contributed by atoms with van der Waals surface area (Å²) in [7, 11) is 0. The SMILES string of the molecule is CCC(OC1CCCC2CC[C@@H]3[C@H](CC[C@]4(C)[C@@H]([C@H](C)CCCC(C)C)CC[C@@H]34)[C@]21C)c1c(N)cccc1N. The molecule has 0 heterocycles. The van der Waals surface area contributed by atoms with Gasteiger partial charge in [-0.05, 0) is 122 Å². The van der Waals surface area contributed by atoms with Crippen molar-refractivity contribution in [2.45, 2.75) is 137 Å². The summed E-state index contributed by atoms with van der Waals surface area (Å²) in [4.78, 5) is 0. The van der Waals surface area contributed by atoms with Crippen molar-refractivity contribution in [1.29, 1.82) is 0 Å². The van der Waals surface area contributed by atoms with E-state index in [9.17, 15) is 0 Å². The molecule has 39 heavy (non-hydrogen) atoms. The van der Waals surface area contributed by atoms with Crippen LogP contribution in [0.1, 0.15) is 137 Å². The highest BCUT2D eigenvalue weighted by atomic mass is 16.5. The van der Waals surface area contributed by atoms with Crippen molar-refractivity contribution in [3.63, 3.8) is 0 Å². The Kier molecular flexibility index (Phi) is 8.69. The van der Waals surface area contributed by atoms with Gasteiger partial charge in [0, 0.05) is 16.9 Å². The first-order chi connectivity index (χ1) is 18.6. The zero-order valence-corrected chi connectivity index (χ0v) is 26.2. The number of nitrogen functional groups attached to an aromatic ring is 2. The van der Waals surface area contributed by atoms with Gasteiger partial charge in [0.25, 0.3) is 0 Å². The molecule has 3 unspecified atom stereocenters. The maximum Gasteiger partial charge on any atom is 0.0866 e. The van der Waals surface area contributed by atoms with Gasteiger partial charge >= 0.3 is 0 Å². The van der Waals surface area contributed by atoms with Gasteiger partial charge < -0.3 is 16.2 Å². The van der Waals surface area contributed by atoms with Gasteiger partial charge in [-0.15, -0.1) is 0 Å². The minimum atomic E-state index is -0.0106. The maximum atomic E-state index is 7.21. The molecule has 1 aromatic rings. The number of rotatable bonds is 9. The molecule has 0 aliphatic heterocycles. The highest BCUT2D eigenvalue weighted by molar-refractivity contribution is 5.62. The number of anilines is 2. The fourth-order valence-corrected chi connectivity index (χ4v) is 11.1. The van der Waals surface area contributed by atoms with Crippen LogP contribution in [-0.2, 0) is 4.74 Å². The summed E-state index contributed by atoms with van der Waals surface area (Å²) in [6.07, 6.45) is 18.0. The number of hydrogen-bond acceptors (Lipinski definition) is 3. The highest BCUT2D eigenvalue weighted by Crippen LogP contribution is 2.69. The second-order valence-corrected chi connectivity index (χ2v) is 15.4. The van der Waals surface area contributed by atoms with Gasteiger partial charge in [-0.2, -0.15) is 0 Å². The molecule has 0 aromatic heterocycles. The van der Waals surface area contributed by atoms with Crippen LogP contribution in [0.5, 0.6) is 0 Å². The van der Waals surface area contributed by atoms with E-state index in [0.717, 1.165) is 64.8 Å². The third kappa shape index (κ3) is 5.17. The lowest BCUT2D eigenvalue weighted by atomic mass is 9.44. The van der Waals surface area contributed by atoms with E-state index in [2.05, 4.69) is 41.5 Å². The second-order valence-electron chi connectivity index (χ2n) is 15.4. The van der Waals surface area contributed by atoms with Crippen molar-refractivity contribution in [3.05, 3.63) is 23.8 Å². The van der Waals surface area contributed by atoms with E-state index in [0.29, 0.717) is 11.5 Å². The van der Waals surface area contributed by atoms with Crippen molar-refractivity contribution < 1.29 is 4.74 Å². The lowest BCUT2D eigenvalue weighted by Crippen LogP contribution is -2.58. The monoisotopic (exact) mass is 536 g/mol. The van der Waals surface area contributed by atoms with Crippen LogP contribution in [0.4, 0.5) is 11.4 Å². The lowest BCUT2D eigenvalue weighted by molar-refractivity contribution is -0.196. The lowest BCUT2D eigenvalue weighted by Gasteiger charge is -2.63. The van der Waals surface area contributed by atoms with Crippen molar-refractivity contribution in [1.82, 2.24) is 0 Å². The number of nitrogens with two attached hydrogens (primary N) is 2. The molecule has 10 atom stereocenters. The Morgan fingerprint density at radius 3 is 2.33 bits per heavy atom. The fourth-order valence-electron chi connectivity index (χ4n) is 11.1. The molecule has 0 radical (unpaired) electrons. The van der Waals surface area contributed by atoms with E-state index in [1.807, 2.05) is 18.2 Å². The van der Waals surface area contributed by atoms with Gasteiger partial charge in [0.1, 0.15) is 0 Å². The number of benzene rings is 1. The molecule has 4 aliphatic carbocycles. The third-order valence-electron chi connectivity index (χ3n) is 13.1. The Hall–Kier alpha value is -1.22. The Morgan fingerprint density at radius 2 is 1.64 bits per heavy atom. The molecule has 220 valence electrons. The van der Waals surface area contributed by atoms with Crippen LogP contribution in [0.2, 0.25) is 0 Å². The minimum absolute atomic E-state index is 0.0106.